The van der Waals surface area contributed by atoms with Crippen LogP contribution in [0.3, 0.4) is 0 Å². The molecule has 2 aromatic rings. The molecule has 24 heavy (non-hydrogen) atoms. The summed E-state index contributed by atoms with van der Waals surface area (Å²) < 4.78 is 13.8. The molecule has 1 saturated carbocycles. The zero-order chi connectivity index (χ0) is 16.8. The van der Waals surface area contributed by atoms with E-state index in [0.29, 0.717) is 24.1 Å². The van der Waals surface area contributed by atoms with Crippen molar-refractivity contribution in [2.24, 2.45) is 17.6 Å². The second-order valence-electron chi connectivity index (χ2n) is 6.74. The second kappa shape index (κ2) is 5.66. The van der Waals surface area contributed by atoms with E-state index in [4.69, 9.17) is 5.73 Å². The Morgan fingerprint density at radius 3 is 2.71 bits per heavy atom. The van der Waals surface area contributed by atoms with Crippen molar-refractivity contribution in [2.45, 2.75) is 31.8 Å². The molecule has 3 heterocycles. The smallest absolute Gasteiger partial charge is 0.256 e. The number of amides is 1. The molecule has 1 aliphatic carbocycles. The van der Waals surface area contributed by atoms with E-state index in [2.05, 4.69) is 17.1 Å². The molecule has 2 bridgehead atoms. The number of aromatic nitrogens is 3. The minimum atomic E-state index is -0.449. The van der Waals surface area contributed by atoms with Gasteiger partial charge in [0.25, 0.3) is 5.91 Å². The van der Waals surface area contributed by atoms with Gasteiger partial charge in [0, 0.05) is 18.6 Å². The Bertz CT molecular complexity index is 756. The molecule has 2 aliphatic heterocycles. The minimum Gasteiger partial charge on any atom is -0.331 e. The molecule has 0 spiro atoms. The molecule has 126 valence electrons. The standard InChI is InChI=1S/C17H20FN5O/c1-10-11-6-13(7-11)22(16(10)9-19)17(24)14-8-12(18)2-3-15(14)23-20-4-5-21-23/h2-5,8,10-11,13,16H,6-7,9,19H2,1H3/t10-,11?,13?,16-/m1/s1. The van der Waals surface area contributed by atoms with Crippen molar-refractivity contribution in [3.05, 3.63) is 42.0 Å². The number of piperidine rings is 2. The number of nitrogens with zero attached hydrogens (tertiary/aromatic N) is 4. The number of nitrogens with two attached hydrogens (primary N) is 1. The summed E-state index contributed by atoms with van der Waals surface area (Å²) in [5.41, 5.74) is 6.71. The highest BCUT2D eigenvalue weighted by atomic mass is 19.1. The molecule has 2 N–H and O–H groups in total. The summed E-state index contributed by atoms with van der Waals surface area (Å²) in [6.07, 6.45) is 5.07. The van der Waals surface area contributed by atoms with E-state index in [1.165, 1.54) is 35.4 Å². The van der Waals surface area contributed by atoms with E-state index in [0.717, 1.165) is 12.8 Å². The highest BCUT2D eigenvalue weighted by molar-refractivity contribution is 5.98. The fraction of sp³-hybridized carbons (Fsp3) is 0.471. The van der Waals surface area contributed by atoms with E-state index < -0.39 is 5.82 Å². The van der Waals surface area contributed by atoms with E-state index in [-0.39, 0.29) is 23.6 Å². The van der Waals surface area contributed by atoms with Crippen molar-refractivity contribution in [1.29, 1.82) is 0 Å². The first kappa shape index (κ1) is 15.3. The van der Waals surface area contributed by atoms with Gasteiger partial charge in [0.05, 0.1) is 23.6 Å². The van der Waals surface area contributed by atoms with Crippen LogP contribution in [0.25, 0.3) is 5.69 Å². The van der Waals surface area contributed by atoms with Gasteiger partial charge in [0.15, 0.2) is 0 Å². The Kier molecular flexibility index (Phi) is 3.60. The van der Waals surface area contributed by atoms with Crippen molar-refractivity contribution in [3.8, 4) is 5.69 Å². The average molecular weight is 329 g/mol. The summed E-state index contributed by atoms with van der Waals surface area (Å²) in [6.45, 7) is 2.57. The van der Waals surface area contributed by atoms with Crippen LogP contribution in [0.4, 0.5) is 4.39 Å². The van der Waals surface area contributed by atoms with Crippen molar-refractivity contribution < 1.29 is 9.18 Å². The maximum absolute atomic E-state index is 13.8. The van der Waals surface area contributed by atoms with Crippen molar-refractivity contribution in [3.63, 3.8) is 0 Å². The quantitative estimate of drug-likeness (QED) is 0.928. The number of hydrogen-bond donors (Lipinski definition) is 1. The maximum Gasteiger partial charge on any atom is 0.256 e. The number of benzene rings is 1. The van der Waals surface area contributed by atoms with Crippen LogP contribution in [0, 0.1) is 17.7 Å². The lowest BCUT2D eigenvalue weighted by Crippen LogP contribution is -2.64. The van der Waals surface area contributed by atoms with Gasteiger partial charge in [-0.15, -0.1) is 0 Å². The molecule has 3 aliphatic rings. The van der Waals surface area contributed by atoms with E-state index in [9.17, 15) is 9.18 Å². The molecule has 7 heteroatoms. The maximum atomic E-state index is 13.8. The van der Waals surface area contributed by atoms with Crippen LogP contribution in [0.2, 0.25) is 0 Å². The molecule has 3 fully saturated rings. The van der Waals surface area contributed by atoms with Gasteiger partial charge in [-0.2, -0.15) is 15.0 Å². The predicted octanol–water partition coefficient (Wildman–Crippen LogP) is 1.60. The fourth-order valence-corrected chi connectivity index (χ4v) is 4.10. The normalized spacial score (nSPS) is 28.5. The highest BCUT2D eigenvalue weighted by Gasteiger charge is 2.50. The lowest BCUT2D eigenvalue weighted by Gasteiger charge is -2.57. The number of carbonyl (C=O) groups excluding carboxylic acids is 1. The molecular weight excluding hydrogens is 309 g/mol. The van der Waals surface area contributed by atoms with Gasteiger partial charge in [-0.3, -0.25) is 4.79 Å². The molecule has 6 nitrogen and oxygen atoms in total. The number of carbonyl (C=O) groups is 1. The number of halogens is 1. The first-order valence-electron chi connectivity index (χ1n) is 8.29. The number of fused-ring (bicyclic) bond motifs is 2. The third kappa shape index (κ3) is 2.23. The fourth-order valence-electron chi connectivity index (χ4n) is 4.10. The zero-order valence-electron chi connectivity index (χ0n) is 13.5. The molecule has 0 unspecified atom stereocenters. The Morgan fingerprint density at radius 2 is 2.04 bits per heavy atom. The first-order chi connectivity index (χ1) is 11.6. The van der Waals surface area contributed by atoms with Gasteiger partial charge in [0.2, 0.25) is 0 Å². The van der Waals surface area contributed by atoms with Gasteiger partial charge in [-0.25, -0.2) is 4.39 Å². The van der Waals surface area contributed by atoms with Crippen LogP contribution >= 0.6 is 0 Å². The van der Waals surface area contributed by atoms with Gasteiger partial charge < -0.3 is 10.6 Å². The van der Waals surface area contributed by atoms with Crippen LogP contribution < -0.4 is 5.73 Å². The van der Waals surface area contributed by atoms with E-state index >= 15 is 0 Å². The van der Waals surface area contributed by atoms with Crippen LogP contribution in [0.1, 0.15) is 30.1 Å². The summed E-state index contributed by atoms with van der Waals surface area (Å²) >= 11 is 0. The molecule has 5 rings (SSSR count). The molecule has 1 aromatic heterocycles. The highest BCUT2D eigenvalue weighted by Crippen LogP contribution is 2.46. The van der Waals surface area contributed by atoms with Gasteiger partial charge in [-0.05, 0) is 42.9 Å². The number of hydrogen-bond acceptors (Lipinski definition) is 4. The Balaban J connectivity index is 1.75. The largest absolute Gasteiger partial charge is 0.331 e. The van der Waals surface area contributed by atoms with E-state index in [1.54, 1.807) is 0 Å². The topological polar surface area (TPSA) is 77.0 Å². The van der Waals surface area contributed by atoms with Crippen molar-refractivity contribution in [2.75, 3.05) is 6.54 Å². The minimum absolute atomic E-state index is 0.00306. The monoisotopic (exact) mass is 329 g/mol. The summed E-state index contributed by atoms with van der Waals surface area (Å²) in [4.78, 5) is 16.5. The summed E-state index contributed by atoms with van der Waals surface area (Å²) in [5.74, 6) is 0.374. The van der Waals surface area contributed by atoms with Crippen LogP contribution in [0.15, 0.2) is 30.6 Å². The molecule has 0 radical (unpaired) electrons. The third-order valence-electron chi connectivity index (χ3n) is 5.55. The van der Waals surface area contributed by atoms with Gasteiger partial charge >= 0.3 is 0 Å². The van der Waals surface area contributed by atoms with E-state index in [1.807, 2.05) is 4.90 Å². The van der Waals surface area contributed by atoms with Crippen molar-refractivity contribution >= 4 is 5.91 Å². The molecule has 2 atom stereocenters. The molecular formula is C17H20FN5O. The molecule has 1 amide bonds. The third-order valence-corrected chi connectivity index (χ3v) is 5.55. The lowest BCUT2D eigenvalue weighted by atomic mass is 9.64. The second-order valence-corrected chi connectivity index (χ2v) is 6.74. The zero-order valence-corrected chi connectivity index (χ0v) is 13.5. The SMILES string of the molecule is C[C@@H]1C2CC(C2)N(C(=O)c2cc(F)ccc2-n2nccn2)[C@@H]1CN. The Hall–Kier alpha value is -2.28. The Morgan fingerprint density at radius 1 is 1.33 bits per heavy atom. The average Bonchev–Trinajstić information content (AvgIpc) is 3.06. The van der Waals surface area contributed by atoms with Gasteiger partial charge in [0.1, 0.15) is 5.82 Å². The number of rotatable bonds is 3. The van der Waals surface area contributed by atoms with Crippen LogP contribution in [0.5, 0.6) is 0 Å². The molecule has 1 aromatic carbocycles. The van der Waals surface area contributed by atoms with Crippen LogP contribution in [-0.4, -0.2) is 44.4 Å². The first-order valence-corrected chi connectivity index (χ1v) is 8.29. The molecule has 2 saturated heterocycles. The Labute approximate surface area is 139 Å². The van der Waals surface area contributed by atoms with Gasteiger partial charge in [-0.1, -0.05) is 6.92 Å². The predicted molar refractivity (Wildman–Crippen MR) is 86.0 cm³/mol. The summed E-state index contributed by atoms with van der Waals surface area (Å²) in [6, 6.07) is 4.32. The lowest BCUT2D eigenvalue weighted by molar-refractivity contribution is -0.0515. The van der Waals surface area contributed by atoms with Crippen molar-refractivity contribution in [1.82, 2.24) is 19.9 Å². The van der Waals surface area contributed by atoms with Crippen LogP contribution in [-0.2, 0) is 0 Å². The summed E-state index contributed by atoms with van der Waals surface area (Å²) in [7, 11) is 0. The summed E-state index contributed by atoms with van der Waals surface area (Å²) in [5, 5.41) is 8.15.